The lowest BCUT2D eigenvalue weighted by Gasteiger charge is -2.50. The molecule has 4 fully saturated rings. The molecule has 1 aliphatic carbocycles. The number of nitrogens with zero attached hydrogens (tertiary/aromatic N) is 2. The maximum Gasteiger partial charge on any atom is 0.321 e. The Kier molecular flexibility index (Phi) is 4.45. The standard InChI is InChI=1S/C15H26N4O2/c20-14(12-19-9-6-18(7-10-19)8-11-19)17-15(21)16-13-4-2-1-3-5-13/h13H,1-12H2,(H-,16,17,20,21)/p+1. The molecule has 21 heavy (non-hydrogen) atoms. The Balaban J connectivity index is 1.44. The summed E-state index contributed by atoms with van der Waals surface area (Å²) >= 11 is 0. The van der Waals surface area contributed by atoms with Crippen molar-refractivity contribution in [3.8, 4) is 0 Å². The summed E-state index contributed by atoms with van der Waals surface area (Å²) in [7, 11) is 0. The average Bonchev–Trinajstić information content (AvgIpc) is 2.49. The van der Waals surface area contributed by atoms with Crippen molar-refractivity contribution in [2.75, 3.05) is 45.8 Å². The Bertz CT molecular complexity index is 385. The number of carbonyl (C=O) groups excluding carboxylic acids is 2. The maximum absolute atomic E-state index is 12.1. The molecule has 6 nitrogen and oxygen atoms in total. The summed E-state index contributed by atoms with van der Waals surface area (Å²) in [4.78, 5) is 26.5. The third-order valence-electron chi connectivity index (χ3n) is 5.34. The molecule has 0 aromatic rings. The number of imide groups is 1. The predicted octanol–water partition coefficient (Wildman–Crippen LogP) is 0.291. The highest BCUT2D eigenvalue weighted by molar-refractivity contribution is 5.94. The molecule has 3 amide bonds. The largest absolute Gasteiger partial charge is 0.335 e. The summed E-state index contributed by atoms with van der Waals surface area (Å²) < 4.78 is 0.860. The van der Waals surface area contributed by atoms with Crippen LogP contribution in [0.5, 0.6) is 0 Å². The van der Waals surface area contributed by atoms with Crippen LogP contribution in [-0.4, -0.2) is 73.2 Å². The molecule has 118 valence electrons. The normalized spacial score (nSPS) is 32.7. The van der Waals surface area contributed by atoms with Gasteiger partial charge in [0.05, 0.1) is 19.6 Å². The van der Waals surface area contributed by atoms with E-state index in [9.17, 15) is 9.59 Å². The lowest BCUT2D eigenvalue weighted by Crippen LogP contribution is -2.69. The highest BCUT2D eigenvalue weighted by Crippen LogP contribution is 2.19. The highest BCUT2D eigenvalue weighted by Gasteiger charge is 2.40. The van der Waals surface area contributed by atoms with Crippen molar-refractivity contribution in [1.29, 1.82) is 0 Å². The van der Waals surface area contributed by atoms with Crippen molar-refractivity contribution < 1.29 is 14.1 Å². The first-order chi connectivity index (χ1) is 10.2. The molecule has 3 saturated heterocycles. The topological polar surface area (TPSA) is 61.4 Å². The molecule has 3 aliphatic heterocycles. The second-order valence-electron chi connectivity index (χ2n) is 6.87. The number of rotatable bonds is 3. The van der Waals surface area contributed by atoms with Gasteiger partial charge in [-0.2, -0.15) is 0 Å². The van der Waals surface area contributed by atoms with Gasteiger partial charge in [-0.25, -0.2) is 4.79 Å². The van der Waals surface area contributed by atoms with E-state index in [0.29, 0.717) is 6.54 Å². The van der Waals surface area contributed by atoms with Crippen LogP contribution in [0.25, 0.3) is 0 Å². The fourth-order valence-electron chi connectivity index (χ4n) is 3.91. The van der Waals surface area contributed by atoms with E-state index in [1.807, 2.05) is 0 Å². The number of quaternary nitrogens is 1. The van der Waals surface area contributed by atoms with Gasteiger partial charge < -0.3 is 9.80 Å². The maximum atomic E-state index is 12.1. The first-order valence-electron chi connectivity index (χ1n) is 8.33. The summed E-state index contributed by atoms with van der Waals surface area (Å²) in [6.07, 6.45) is 5.69. The van der Waals surface area contributed by atoms with Crippen LogP contribution >= 0.6 is 0 Å². The summed E-state index contributed by atoms with van der Waals surface area (Å²) in [6.45, 7) is 6.82. The van der Waals surface area contributed by atoms with Crippen LogP contribution < -0.4 is 10.6 Å². The number of hydrogen-bond acceptors (Lipinski definition) is 3. The molecule has 3 heterocycles. The number of fused-ring (bicyclic) bond motifs is 3. The van der Waals surface area contributed by atoms with Crippen molar-refractivity contribution in [3.63, 3.8) is 0 Å². The Morgan fingerprint density at radius 3 is 2.24 bits per heavy atom. The van der Waals surface area contributed by atoms with Crippen molar-refractivity contribution in [2.24, 2.45) is 0 Å². The highest BCUT2D eigenvalue weighted by atomic mass is 16.2. The van der Waals surface area contributed by atoms with Gasteiger partial charge in [-0.15, -0.1) is 0 Å². The molecule has 4 aliphatic rings. The molecule has 0 aromatic heterocycles. The molecule has 1 saturated carbocycles. The molecule has 2 bridgehead atoms. The number of piperazine rings is 3. The van der Waals surface area contributed by atoms with Gasteiger partial charge in [0.15, 0.2) is 6.54 Å². The Morgan fingerprint density at radius 1 is 1.00 bits per heavy atom. The molecule has 0 aromatic carbocycles. The minimum atomic E-state index is -0.305. The van der Waals surface area contributed by atoms with Crippen molar-refractivity contribution in [3.05, 3.63) is 0 Å². The third kappa shape index (κ3) is 3.74. The summed E-state index contributed by atoms with van der Waals surface area (Å²) in [6, 6.07) is -0.0575. The predicted molar refractivity (Wildman–Crippen MR) is 79.7 cm³/mol. The minimum absolute atomic E-state index is 0.126. The van der Waals surface area contributed by atoms with Gasteiger partial charge in [-0.3, -0.25) is 15.0 Å². The molecular formula is C15H27N4O2+. The number of amides is 3. The quantitative estimate of drug-likeness (QED) is 0.736. The molecule has 4 rings (SSSR count). The second kappa shape index (κ2) is 6.32. The van der Waals surface area contributed by atoms with Gasteiger partial charge in [-0.05, 0) is 12.8 Å². The lowest BCUT2D eigenvalue weighted by molar-refractivity contribution is -0.933. The fraction of sp³-hybridized carbons (Fsp3) is 0.867. The molecule has 0 spiro atoms. The van der Waals surface area contributed by atoms with Crippen molar-refractivity contribution in [1.82, 2.24) is 15.5 Å². The first-order valence-corrected chi connectivity index (χ1v) is 8.33. The van der Waals surface area contributed by atoms with Crippen LogP contribution in [-0.2, 0) is 4.79 Å². The first kappa shape index (κ1) is 14.8. The lowest BCUT2D eigenvalue weighted by atomic mass is 9.96. The van der Waals surface area contributed by atoms with Gasteiger partial charge in [0.2, 0.25) is 0 Å². The van der Waals surface area contributed by atoms with Gasteiger partial charge in [-0.1, -0.05) is 19.3 Å². The number of hydrogen-bond donors (Lipinski definition) is 2. The Morgan fingerprint density at radius 2 is 1.62 bits per heavy atom. The fourth-order valence-corrected chi connectivity index (χ4v) is 3.91. The molecule has 0 atom stereocenters. The number of urea groups is 1. The van der Waals surface area contributed by atoms with Gasteiger partial charge in [0.1, 0.15) is 0 Å². The van der Waals surface area contributed by atoms with Crippen LogP contribution in [0.4, 0.5) is 4.79 Å². The van der Waals surface area contributed by atoms with E-state index in [-0.39, 0.29) is 18.0 Å². The number of carbonyl (C=O) groups is 2. The van der Waals surface area contributed by atoms with E-state index < -0.39 is 0 Å². The smallest absolute Gasteiger partial charge is 0.321 e. The molecule has 6 heteroatoms. The Hall–Kier alpha value is -1.14. The molecule has 2 N–H and O–H groups in total. The molecule has 0 unspecified atom stereocenters. The molecule has 0 radical (unpaired) electrons. The summed E-state index contributed by atoms with van der Waals surface area (Å²) in [5.41, 5.74) is 0. The summed E-state index contributed by atoms with van der Waals surface area (Å²) in [5.74, 6) is -0.126. The van der Waals surface area contributed by atoms with Crippen LogP contribution in [0.3, 0.4) is 0 Å². The van der Waals surface area contributed by atoms with E-state index >= 15 is 0 Å². The zero-order chi connectivity index (χ0) is 14.7. The van der Waals surface area contributed by atoms with Gasteiger partial charge >= 0.3 is 6.03 Å². The van der Waals surface area contributed by atoms with E-state index in [4.69, 9.17) is 0 Å². The van der Waals surface area contributed by atoms with Crippen LogP contribution in [0.15, 0.2) is 0 Å². The zero-order valence-electron chi connectivity index (χ0n) is 12.8. The zero-order valence-corrected chi connectivity index (χ0v) is 12.8. The van der Waals surface area contributed by atoms with E-state index in [0.717, 1.165) is 56.6 Å². The Labute approximate surface area is 126 Å². The number of nitrogens with one attached hydrogen (secondary N) is 2. The van der Waals surface area contributed by atoms with Crippen LogP contribution in [0.2, 0.25) is 0 Å². The second-order valence-corrected chi connectivity index (χ2v) is 6.87. The summed E-state index contributed by atoms with van der Waals surface area (Å²) in [5, 5.41) is 5.47. The van der Waals surface area contributed by atoms with Crippen molar-refractivity contribution in [2.45, 2.75) is 38.1 Å². The van der Waals surface area contributed by atoms with Crippen LogP contribution in [0.1, 0.15) is 32.1 Å². The van der Waals surface area contributed by atoms with E-state index in [1.54, 1.807) is 0 Å². The third-order valence-corrected chi connectivity index (χ3v) is 5.34. The van der Waals surface area contributed by atoms with Gasteiger partial charge in [0, 0.05) is 25.7 Å². The van der Waals surface area contributed by atoms with E-state index in [1.165, 1.54) is 19.3 Å². The van der Waals surface area contributed by atoms with E-state index in [2.05, 4.69) is 15.5 Å². The SMILES string of the molecule is O=C(C[N+]12CCN(CC1)CC2)NC(=O)NC1CCCCC1. The monoisotopic (exact) mass is 295 g/mol. The van der Waals surface area contributed by atoms with Crippen molar-refractivity contribution >= 4 is 11.9 Å². The average molecular weight is 295 g/mol. The van der Waals surface area contributed by atoms with Crippen LogP contribution in [0, 0.1) is 0 Å². The van der Waals surface area contributed by atoms with Gasteiger partial charge in [0.25, 0.3) is 5.91 Å². The minimum Gasteiger partial charge on any atom is -0.335 e. The molecular weight excluding hydrogens is 268 g/mol.